The number of carbonyl (C=O) groups is 1. The van der Waals surface area contributed by atoms with Gasteiger partial charge in [0, 0.05) is 13.2 Å². The van der Waals surface area contributed by atoms with Crippen LogP contribution in [-0.2, 0) is 9.53 Å². The topological polar surface area (TPSA) is 46.5 Å². The Labute approximate surface area is 90.8 Å². The van der Waals surface area contributed by atoms with Crippen molar-refractivity contribution in [1.29, 1.82) is 0 Å². The number of hydrogen-bond donors (Lipinski definition) is 1. The van der Waals surface area contributed by atoms with E-state index < -0.39 is 11.4 Å². The van der Waals surface area contributed by atoms with E-state index >= 15 is 0 Å². The van der Waals surface area contributed by atoms with Crippen LogP contribution in [0.25, 0.3) is 0 Å². The molecule has 2 rings (SSSR count). The van der Waals surface area contributed by atoms with Crippen LogP contribution < -0.4 is 0 Å². The summed E-state index contributed by atoms with van der Waals surface area (Å²) in [5.41, 5.74) is -0.510. The van der Waals surface area contributed by atoms with Crippen LogP contribution in [-0.4, -0.2) is 24.3 Å². The molecule has 2 aliphatic rings. The number of carboxylic acids is 1. The van der Waals surface area contributed by atoms with Gasteiger partial charge in [-0.1, -0.05) is 19.8 Å². The van der Waals surface area contributed by atoms with E-state index in [0.717, 1.165) is 51.7 Å². The van der Waals surface area contributed by atoms with Gasteiger partial charge in [0.2, 0.25) is 0 Å². The van der Waals surface area contributed by atoms with E-state index in [4.69, 9.17) is 4.74 Å². The first-order valence-corrected chi connectivity index (χ1v) is 5.92. The maximum atomic E-state index is 11.6. The molecule has 2 fully saturated rings. The first kappa shape index (κ1) is 10.9. The van der Waals surface area contributed by atoms with Crippen LogP contribution in [0.2, 0.25) is 0 Å². The van der Waals surface area contributed by atoms with Crippen molar-refractivity contribution in [3.05, 3.63) is 0 Å². The summed E-state index contributed by atoms with van der Waals surface area (Å²) < 4.78 is 5.36. The van der Waals surface area contributed by atoms with Gasteiger partial charge in [-0.25, -0.2) is 0 Å². The SMILES string of the molecule is CC1(C2(C(=O)O)CCCC2)CCOCC1. The van der Waals surface area contributed by atoms with Crippen molar-refractivity contribution in [3.8, 4) is 0 Å². The number of ether oxygens (including phenoxy) is 1. The van der Waals surface area contributed by atoms with E-state index in [1.807, 2.05) is 0 Å². The Morgan fingerprint density at radius 3 is 2.13 bits per heavy atom. The minimum Gasteiger partial charge on any atom is -0.481 e. The van der Waals surface area contributed by atoms with Crippen molar-refractivity contribution in [2.24, 2.45) is 10.8 Å². The maximum Gasteiger partial charge on any atom is 0.310 e. The Balaban J connectivity index is 2.26. The largest absolute Gasteiger partial charge is 0.481 e. The summed E-state index contributed by atoms with van der Waals surface area (Å²) in [6.45, 7) is 3.60. The Morgan fingerprint density at radius 2 is 1.67 bits per heavy atom. The fourth-order valence-corrected chi connectivity index (χ4v) is 3.35. The first-order valence-electron chi connectivity index (χ1n) is 5.92. The van der Waals surface area contributed by atoms with Crippen LogP contribution in [0.5, 0.6) is 0 Å². The number of carboxylic acid groups (broad SMARTS) is 1. The van der Waals surface area contributed by atoms with Crippen LogP contribution in [0, 0.1) is 10.8 Å². The highest BCUT2D eigenvalue weighted by atomic mass is 16.5. The maximum absolute atomic E-state index is 11.6. The van der Waals surface area contributed by atoms with Gasteiger partial charge in [0.05, 0.1) is 5.41 Å². The minimum absolute atomic E-state index is 0.0480. The molecule has 1 aliphatic carbocycles. The Morgan fingerprint density at radius 1 is 1.13 bits per heavy atom. The van der Waals surface area contributed by atoms with E-state index in [9.17, 15) is 9.90 Å². The summed E-state index contributed by atoms with van der Waals surface area (Å²) in [7, 11) is 0. The van der Waals surface area contributed by atoms with Gasteiger partial charge in [0.25, 0.3) is 0 Å². The zero-order chi connectivity index (χ0) is 10.9. The predicted molar refractivity (Wildman–Crippen MR) is 56.7 cm³/mol. The van der Waals surface area contributed by atoms with Crippen LogP contribution in [0.1, 0.15) is 45.4 Å². The molecule has 0 bridgehead atoms. The van der Waals surface area contributed by atoms with Crippen molar-refractivity contribution in [1.82, 2.24) is 0 Å². The zero-order valence-corrected chi connectivity index (χ0v) is 9.42. The van der Waals surface area contributed by atoms with Gasteiger partial charge in [-0.15, -0.1) is 0 Å². The van der Waals surface area contributed by atoms with Crippen molar-refractivity contribution >= 4 is 5.97 Å². The number of rotatable bonds is 2. The third-order valence-electron chi connectivity index (χ3n) is 4.62. The zero-order valence-electron chi connectivity index (χ0n) is 9.42. The molecule has 0 amide bonds. The summed E-state index contributed by atoms with van der Waals surface area (Å²) in [4.78, 5) is 11.6. The van der Waals surface area contributed by atoms with Gasteiger partial charge >= 0.3 is 5.97 Å². The molecule has 3 nitrogen and oxygen atoms in total. The second-order valence-electron chi connectivity index (χ2n) is 5.27. The monoisotopic (exact) mass is 212 g/mol. The predicted octanol–water partition coefficient (Wildman–Crippen LogP) is 2.45. The summed E-state index contributed by atoms with van der Waals surface area (Å²) in [5, 5.41) is 9.54. The Bertz CT molecular complexity index is 248. The van der Waals surface area contributed by atoms with E-state index in [2.05, 4.69) is 6.92 Å². The van der Waals surface area contributed by atoms with E-state index in [1.54, 1.807) is 0 Å². The van der Waals surface area contributed by atoms with Crippen LogP contribution in [0.3, 0.4) is 0 Å². The van der Waals surface area contributed by atoms with Crippen LogP contribution in [0.15, 0.2) is 0 Å². The minimum atomic E-state index is -0.579. The third-order valence-corrected chi connectivity index (χ3v) is 4.62. The molecule has 0 aromatic rings. The summed E-state index contributed by atoms with van der Waals surface area (Å²) in [6.07, 6.45) is 5.67. The molecule has 3 heteroatoms. The molecule has 1 N–H and O–H groups in total. The molecule has 0 aromatic carbocycles. The van der Waals surface area contributed by atoms with Crippen LogP contribution in [0.4, 0.5) is 0 Å². The highest BCUT2D eigenvalue weighted by molar-refractivity contribution is 5.76. The standard InChI is InChI=1S/C12H20O3/c1-11(6-8-15-9-7-11)12(10(13)14)4-2-3-5-12/h2-9H2,1H3,(H,13,14). The van der Waals surface area contributed by atoms with Gasteiger partial charge in [0.1, 0.15) is 0 Å². The lowest BCUT2D eigenvalue weighted by molar-refractivity contribution is -0.163. The van der Waals surface area contributed by atoms with Gasteiger partial charge < -0.3 is 9.84 Å². The van der Waals surface area contributed by atoms with Gasteiger partial charge in [-0.3, -0.25) is 4.79 Å². The molecule has 0 spiro atoms. The van der Waals surface area contributed by atoms with E-state index in [0.29, 0.717) is 0 Å². The molecule has 1 saturated carbocycles. The Hall–Kier alpha value is -0.570. The lowest BCUT2D eigenvalue weighted by Crippen LogP contribution is -2.47. The van der Waals surface area contributed by atoms with Crippen molar-refractivity contribution in [3.63, 3.8) is 0 Å². The molecule has 0 unspecified atom stereocenters. The van der Waals surface area contributed by atoms with E-state index in [1.165, 1.54) is 0 Å². The molecule has 0 radical (unpaired) electrons. The van der Waals surface area contributed by atoms with Crippen molar-refractivity contribution < 1.29 is 14.6 Å². The smallest absolute Gasteiger partial charge is 0.310 e. The lowest BCUT2D eigenvalue weighted by Gasteiger charge is -2.46. The highest BCUT2D eigenvalue weighted by Gasteiger charge is 2.55. The molecule has 1 heterocycles. The van der Waals surface area contributed by atoms with E-state index in [-0.39, 0.29) is 5.41 Å². The average Bonchev–Trinajstić information content (AvgIpc) is 2.69. The first-order chi connectivity index (χ1) is 7.11. The molecular formula is C12H20O3. The van der Waals surface area contributed by atoms with Gasteiger partial charge in [-0.2, -0.15) is 0 Å². The average molecular weight is 212 g/mol. The fourth-order valence-electron chi connectivity index (χ4n) is 3.35. The molecule has 0 atom stereocenters. The summed E-state index contributed by atoms with van der Waals surface area (Å²) in [5.74, 6) is -0.579. The lowest BCUT2D eigenvalue weighted by atomic mass is 9.59. The second-order valence-corrected chi connectivity index (χ2v) is 5.27. The molecule has 86 valence electrons. The third kappa shape index (κ3) is 1.57. The van der Waals surface area contributed by atoms with Gasteiger partial charge in [0.15, 0.2) is 0 Å². The molecular weight excluding hydrogens is 192 g/mol. The number of hydrogen-bond acceptors (Lipinski definition) is 2. The second kappa shape index (κ2) is 3.78. The Kier molecular flexibility index (Phi) is 2.75. The normalized spacial score (nSPS) is 28.9. The fraction of sp³-hybridized carbons (Fsp3) is 0.917. The van der Waals surface area contributed by atoms with Crippen molar-refractivity contribution in [2.75, 3.05) is 13.2 Å². The quantitative estimate of drug-likeness (QED) is 0.764. The highest BCUT2D eigenvalue weighted by Crippen LogP contribution is 2.56. The summed E-state index contributed by atoms with van der Waals surface area (Å²) >= 11 is 0. The van der Waals surface area contributed by atoms with Crippen LogP contribution >= 0.6 is 0 Å². The molecule has 0 aromatic heterocycles. The number of aliphatic carboxylic acids is 1. The van der Waals surface area contributed by atoms with Gasteiger partial charge in [-0.05, 0) is 31.1 Å². The molecule has 1 aliphatic heterocycles. The summed E-state index contributed by atoms with van der Waals surface area (Å²) in [6, 6.07) is 0. The molecule has 15 heavy (non-hydrogen) atoms. The molecule has 1 saturated heterocycles. The van der Waals surface area contributed by atoms with Crippen molar-refractivity contribution in [2.45, 2.75) is 45.4 Å².